The monoisotopic (exact) mass is 385 g/mol. The van der Waals surface area contributed by atoms with Crippen LogP contribution < -0.4 is 10.9 Å². The van der Waals surface area contributed by atoms with E-state index in [0.29, 0.717) is 35.3 Å². The summed E-state index contributed by atoms with van der Waals surface area (Å²) < 4.78 is 3.16. The van der Waals surface area contributed by atoms with Crippen LogP contribution in [0.25, 0.3) is 27.6 Å². The smallest absolute Gasteiger partial charge is 0.267 e. The first-order valence-electron chi connectivity index (χ1n) is 9.43. The molecule has 7 heteroatoms. The summed E-state index contributed by atoms with van der Waals surface area (Å²) in [6.45, 7) is 0.497. The van der Waals surface area contributed by atoms with Gasteiger partial charge in [0, 0.05) is 36.9 Å². The third-order valence-electron chi connectivity index (χ3n) is 5.30. The SMILES string of the molecule is Cn1c(C(=O)NCCc2c[nH]c3ccccc23)cc2c(=O)n3ccccc3nc21. The molecule has 5 aromatic rings. The van der Waals surface area contributed by atoms with Crippen molar-refractivity contribution < 1.29 is 4.79 Å². The van der Waals surface area contributed by atoms with E-state index in [-0.39, 0.29) is 11.5 Å². The maximum atomic E-state index is 12.8. The van der Waals surface area contributed by atoms with Gasteiger partial charge in [0.15, 0.2) is 0 Å². The van der Waals surface area contributed by atoms with Crippen LogP contribution in [-0.4, -0.2) is 31.4 Å². The lowest BCUT2D eigenvalue weighted by molar-refractivity contribution is 0.0946. The Bertz CT molecular complexity index is 1440. The number of aromatic nitrogens is 4. The van der Waals surface area contributed by atoms with Gasteiger partial charge in [0.05, 0.1) is 5.39 Å². The van der Waals surface area contributed by atoms with E-state index in [0.717, 1.165) is 16.5 Å². The number of hydrogen-bond donors (Lipinski definition) is 2. The van der Waals surface area contributed by atoms with Crippen LogP contribution in [0.4, 0.5) is 0 Å². The van der Waals surface area contributed by atoms with Crippen LogP contribution in [0.3, 0.4) is 0 Å². The van der Waals surface area contributed by atoms with Crippen molar-refractivity contribution in [3.05, 3.63) is 82.5 Å². The fraction of sp³-hybridized carbons (Fsp3) is 0.136. The highest BCUT2D eigenvalue weighted by atomic mass is 16.2. The highest BCUT2D eigenvalue weighted by Crippen LogP contribution is 2.18. The summed E-state index contributed by atoms with van der Waals surface area (Å²) in [6, 6.07) is 15.1. The quantitative estimate of drug-likeness (QED) is 0.499. The van der Waals surface area contributed by atoms with Crippen LogP contribution in [0.1, 0.15) is 16.1 Å². The van der Waals surface area contributed by atoms with Crippen LogP contribution in [0, 0.1) is 0 Å². The lowest BCUT2D eigenvalue weighted by Gasteiger charge is -2.06. The standard InChI is InChI=1S/C22H19N5O2/c1-26-18(12-16-20(26)25-19-8-4-5-11-27(19)22(16)29)21(28)23-10-9-14-13-24-17-7-3-2-6-15(14)17/h2-8,11-13,24H,9-10H2,1H3,(H,23,28). The third-order valence-corrected chi connectivity index (χ3v) is 5.30. The van der Waals surface area contributed by atoms with E-state index in [4.69, 9.17) is 0 Å². The maximum absolute atomic E-state index is 12.8. The first-order chi connectivity index (χ1) is 14.1. The normalized spacial score (nSPS) is 11.5. The Morgan fingerprint density at radius 2 is 1.97 bits per heavy atom. The highest BCUT2D eigenvalue weighted by molar-refractivity contribution is 5.98. The first kappa shape index (κ1) is 17.2. The van der Waals surface area contributed by atoms with Gasteiger partial charge in [-0.3, -0.25) is 14.0 Å². The molecule has 0 aliphatic carbocycles. The second-order valence-corrected chi connectivity index (χ2v) is 7.04. The number of rotatable bonds is 4. The molecule has 0 saturated carbocycles. The van der Waals surface area contributed by atoms with E-state index in [1.165, 1.54) is 4.40 Å². The second-order valence-electron chi connectivity index (χ2n) is 7.04. The van der Waals surface area contributed by atoms with Gasteiger partial charge in [-0.2, -0.15) is 0 Å². The van der Waals surface area contributed by atoms with E-state index in [2.05, 4.69) is 21.4 Å². The van der Waals surface area contributed by atoms with Crippen molar-refractivity contribution in [2.75, 3.05) is 6.54 Å². The molecule has 0 aliphatic rings. The Labute approximate surface area is 165 Å². The summed E-state index contributed by atoms with van der Waals surface area (Å²) in [7, 11) is 1.75. The number of benzene rings is 1. The van der Waals surface area contributed by atoms with E-state index in [1.54, 1.807) is 36.0 Å². The van der Waals surface area contributed by atoms with Crippen molar-refractivity contribution in [1.82, 2.24) is 24.3 Å². The zero-order chi connectivity index (χ0) is 20.0. The Kier molecular flexibility index (Phi) is 3.94. The Hall–Kier alpha value is -3.87. The molecule has 0 atom stereocenters. The lowest BCUT2D eigenvalue weighted by atomic mass is 10.1. The van der Waals surface area contributed by atoms with Gasteiger partial charge in [-0.1, -0.05) is 24.3 Å². The topological polar surface area (TPSA) is 84.2 Å². The van der Waals surface area contributed by atoms with Crippen LogP contribution in [0.2, 0.25) is 0 Å². The number of aryl methyl sites for hydroxylation is 1. The number of hydrogen-bond acceptors (Lipinski definition) is 3. The zero-order valence-electron chi connectivity index (χ0n) is 15.8. The van der Waals surface area contributed by atoms with Crippen LogP contribution in [-0.2, 0) is 13.5 Å². The molecular weight excluding hydrogens is 366 g/mol. The minimum Gasteiger partial charge on any atom is -0.361 e. The molecule has 1 aromatic carbocycles. The molecule has 144 valence electrons. The number of nitrogens with zero attached hydrogens (tertiary/aromatic N) is 3. The van der Waals surface area contributed by atoms with Crippen molar-refractivity contribution >= 4 is 33.5 Å². The molecule has 0 unspecified atom stereocenters. The number of pyridine rings is 1. The fourth-order valence-corrected chi connectivity index (χ4v) is 3.78. The minimum atomic E-state index is -0.223. The minimum absolute atomic E-state index is 0.181. The van der Waals surface area contributed by atoms with Gasteiger partial charge in [-0.25, -0.2) is 4.98 Å². The van der Waals surface area contributed by atoms with Crippen LogP contribution >= 0.6 is 0 Å². The van der Waals surface area contributed by atoms with Crippen molar-refractivity contribution in [3.8, 4) is 0 Å². The molecule has 29 heavy (non-hydrogen) atoms. The molecule has 4 heterocycles. The first-order valence-corrected chi connectivity index (χ1v) is 9.43. The predicted octanol–water partition coefficient (Wildman–Crippen LogP) is 2.64. The lowest BCUT2D eigenvalue weighted by Crippen LogP contribution is -2.27. The van der Waals surface area contributed by atoms with Gasteiger partial charge in [0.2, 0.25) is 0 Å². The fourth-order valence-electron chi connectivity index (χ4n) is 3.78. The van der Waals surface area contributed by atoms with Crippen LogP contribution in [0.5, 0.6) is 0 Å². The molecule has 0 saturated heterocycles. The summed E-state index contributed by atoms with van der Waals surface area (Å²) in [6.07, 6.45) is 4.37. The number of amides is 1. The summed E-state index contributed by atoms with van der Waals surface area (Å²) in [5, 5.41) is 4.55. The number of H-pyrrole nitrogens is 1. The number of carbonyl (C=O) groups is 1. The van der Waals surface area contributed by atoms with Crippen molar-refractivity contribution in [3.63, 3.8) is 0 Å². The molecule has 0 aliphatic heterocycles. The van der Waals surface area contributed by atoms with E-state index in [1.807, 2.05) is 30.5 Å². The van der Waals surface area contributed by atoms with Gasteiger partial charge in [-0.05, 0) is 36.2 Å². The number of nitrogens with one attached hydrogen (secondary N) is 2. The molecule has 0 fully saturated rings. The van der Waals surface area contributed by atoms with E-state index >= 15 is 0 Å². The Morgan fingerprint density at radius 3 is 2.86 bits per heavy atom. The molecule has 7 nitrogen and oxygen atoms in total. The molecular formula is C22H19N5O2. The average Bonchev–Trinajstić information content (AvgIpc) is 3.30. The average molecular weight is 385 g/mol. The van der Waals surface area contributed by atoms with Gasteiger partial charge >= 0.3 is 0 Å². The van der Waals surface area contributed by atoms with Gasteiger partial charge < -0.3 is 14.9 Å². The number of fused-ring (bicyclic) bond motifs is 3. The molecule has 0 spiro atoms. The van der Waals surface area contributed by atoms with Gasteiger partial charge in [-0.15, -0.1) is 0 Å². The second kappa shape index (κ2) is 6.63. The zero-order valence-corrected chi connectivity index (χ0v) is 15.8. The van der Waals surface area contributed by atoms with Crippen molar-refractivity contribution in [2.24, 2.45) is 7.05 Å². The van der Waals surface area contributed by atoms with Crippen LogP contribution in [0.15, 0.2) is 65.7 Å². The summed E-state index contributed by atoms with van der Waals surface area (Å²) in [5.74, 6) is -0.223. The van der Waals surface area contributed by atoms with E-state index in [9.17, 15) is 9.59 Å². The number of para-hydroxylation sites is 1. The Morgan fingerprint density at radius 1 is 1.14 bits per heavy atom. The molecule has 1 amide bonds. The van der Waals surface area contributed by atoms with Gasteiger partial charge in [0.25, 0.3) is 11.5 Å². The highest BCUT2D eigenvalue weighted by Gasteiger charge is 2.17. The van der Waals surface area contributed by atoms with E-state index < -0.39 is 0 Å². The van der Waals surface area contributed by atoms with Gasteiger partial charge in [0.1, 0.15) is 17.0 Å². The molecule has 0 bridgehead atoms. The number of aromatic amines is 1. The molecule has 4 aromatic heterocycles. The summed E-state index contributed by atoms with van der Waals surface area (Å²) >= 11 is 0. The van der Waals surface area contributed by atoms with Crippen molar-refractivity contribution in [2.45, 2.75) is 6.42 Å². The number of carbonyl (C=O) groups excluding carboxylic acids is 1. The molecule has 5 rings (SSSR count). The predicted molar refractivity (Wildman–Crippen MR) is 112 cm³/mol. The largest absolute Gasteiger partial charge is 0.361 e. The summed E-state index contributed by atoms with van der Waals surface area (Å²) in [5.41, 5.74) is 3.53. The molecule has 2 N–H and O–H groups in total. The summed E-state index contributed by atoms with van der Waals surface area (Å²) in [4.78, 5) is 33.3. The maximum Gasteiger partial charge on any atom is 0.267 e. The molecule has 0 radical (unpaired) electrons. The Balaban J connectivity index is 1.41. The third kappa shape index (κ3) is 2.79. The van der Waals surface area contributed by atoms with Crippen molar-refractivity contribution in [1.29, 1.82) is 0 Å².